The largest absolute Gasteiger partial charge is 0.410 e. The Hall–Kier alpha value is -1.03. The lowest BCUT2D eigenvalue weighted by Gasteiger charge is -2.08. The van der Waals surface area contributed by atoms with Gasteiger partial charge in [-0.3, -0.25) is 0 Å². The molecule has 13 heavy (non-hydrogen) atoms. The molecule has 0 saturated heterocycles. The Labute approximate surface area is 85.0 Å². The number of benzene rings is 1. The van der Waals surface area contributed by atoms with Gasteiger partial charge in [-0.15, -0.1) is 0 Å². The van der Waals surface area contributed by atoms with E-state index in [1.807, 2.05) is 19.9 Å². The highest BCUT2D eigenvalue weighted by molar-refractivity contribution is 9.10. The van der Waals surface area contributed by atoms with Crippen LogP contribution >= 0.6 is 15.9 Å². The fourth-order valence-electron chi connectivity index (χ4n) is 0.982. The predicted octanol–water partition coefficient (Wildman–Crippen LogP) is 2.52. The number of carbonyl (C=O) groups excluding carboxylic acids is 1. The third kappa shape index (κ3) is 2.21. The molecule has 0 atom stereocenters. The second-order valence-corrected chi connectivity index (χ2v) is 3.57. The van der Waals surface area contributed by atoms with Crippen LogP contribution in [0.5, 0.6) is 5.75 Å². The Kier molecular flexibility index (Phi) is 2.93. The Balaban J connectivity index is 3.10. The molecule has 3 nitrogen and oxygen atoms in total. The van der Waals surface area contributed by atoms with Crippen molar-refractivity contribution in [3.63, 3.8) is 0 Å². The number of primary amides is 1. The summed E-state index contributed by atoms with van der Waals surface area (Å²) in [5, 5.41) is 0. The van der Waals surface area contributed by atoms with Gasteiger partial charge in [-0.1, -0.05) is 15.9 Å². The first kappa shape index (κ1) is 10.1. The lowest BCUT2D eigenvalue weighted by molar-refractivity contribution is 0.210. The molecule has 0 aliphatic rings. The molecule has 0 bridgehead atoms. The van der Waals surface area contributed by atoms with Gasteiger partial charge in [0.05, 0.1) is 0 Å². The van der Waals surface area contributed by atoms with Gasteiger partial charge in [0, 0.05) is 4.47 Å². The van der Waals surface area contributed by atoms with Gasteiger partial charge in [0.25, 0.3) is 0 Å². The van der Waals surface area contributed by atoms with Crippen LogP contribution in [-0.2, 0) is 0 Å². The average molecular weight is 244 g/mol. The maximum absolute atomic E-state index is 10.5. The van der Waals surface area contributed by atoms with E-state index in [0.717, 1.165) is 15.6 Å². The number of nitrogens with two attached hydrogens (primary N) is 1. The summed E-state index contributed by atoms with van der Waals surface area (Å²) in [5.41, 5.74) is 6.86. The van der Waals surface area contributed by atoms with Crippen LogP contribution in [0.4, 0.5) is 4.79 Å². The van der Waals surface area contributed by atoms with Gasteiger partial charge in [-0.2, -0.15) is 0 Å². The van der Waals surface area contributed by atoms with Gasteiger partial charge in [0.15, 0.2) is 0 Å². The predicted molar refractivity (Wildman–Crippen MR) is 53.8 cm³/mol. The second-order valence-electron chi connectivity index (χ2n) is 2.72. The third-order valence-electron chi connectivity index (χ3n) is 1.88. The van der Waals surface area contributed by atoms with E-state index in [1.54, 1.807) is 6.07 Å². The first-order valence-electron chi connectivity index (χ1n) is 3.75. The number of carbonyl (C=O) groups is 1. The number of hydrogen-bond acceptors (Lipinski definition) is 2. The lowest BCUT2D eigenvalue weighted by Crippen LogP contribution is -2.16. The quantitative estimate of drug-likeness (QED) is 0.825. The molecule has 1 aromatic rings. The topological polar surface area (TPSA) is 52.3 Å². The summed E-state index contributed by atoms with van der Waals surface area (Å²) in [5.74, 6) is 0.508. The van der Waals surface area contributed by atoms with Crippen molar-refractivity contribution < 1.29 is 9.53 Å². The van der Waals surface area contributed by atoms with Crippen LogP contribution in [0.2, 0.25) is 0 Å². The first-order chi connectivity index (χ1) is 6.02. The van der Waals surface area contributed by atoms with Crippen LogP contribution in [-0.4, -0.2) is 6.09 Å². The van der Waals surface area contributed by atoms with Gasteiger partial charge < -0.3 is 10.5 Å². The summed E-state index contributed by atoms with van der Waals surface area (Å²) < 4.78 is 5.79. The van der Waals surface area contributed by atoms with E-state index in [2.05, 4.69) is 15.9 Å². The minimum Gasteiger partial charge on any atom is -0.410 e. The fraction of sp³-hybridized carbons (Fsp3) is 0.222. The van der Waals surface area contributed by atoms with Crippen LogP contribution in [0.25, 0.3) is 0 Å². The van der Waals surface area contributed by atoms with Gasteiger partial charge in [-0.25, -0.2) is 4.79 Å². The number of rotatable bonds is 1. The van der Waals surface area contributed by atoms with E-state index in [-0.39, 0.29) is 0 Å². The van der Waals surface area contributed by atoms with E-state index >= 15 is 0 Å². The molecule has 0 saturated carbocycles. The molecule has 0 aliphatic heterocycles. The smallest absolute Gasteiger partial charge is 0.409 e. The van der Waals surface area contributed by atoms with Crippen LogP contribution in [0.15, 0.2) is 16.6 Å². The van der Waals surface area contributed by atoms with Crippen molar-refractivity contribution in [2.45, 2.75) is 13.8 Å². The molecule has 1 aromatic carbocycles. The summed E-state index contributed by atoms with van der Waals surface area (Å²) in [6, 6.07) is 3.53. The van der Waals surface area contributed by atoms with Crippen molar-refractivity contribution in [1.29, 1.82) is 0 Å². The maximum Gasteiger partial charge on any atom is 0.409 e. The number of ether oxygens (including phenoxy) is 1. The molecule has 0 fully saturated rings. The molecule has 4 heteroatoms. The van der Waals surface area contributed by atoms with E-state index in [0.29, 0.717) is 5.75 Å². The highest BCUT2D eigenvalue weighted by Crippen LogP contribution is 2.27. The zero-order valence-electron chi connectivity index (χ0n) is 7.43. The van der Waals surface area contributed by atoms with E-state index in [4.69, 9.17) is 10.5 Å². The summed E-state index contributed by atoms with van der Waals surface area (Å²) in [6.45, 7) is 3.81. The molecule has 0 aromatic heterocycles. The summed E-state index contributed by atoms with van der Waals surface area (Å²) in [7, 11) is 0. The highest BCUT2D eigenvalue weighted by Gasteiger charge is 2.07. The van der Waals surface area contributed by atoms with E-state index in [1.165, 1.54) is 0 Å². The highest BCUT2D eigenvalue weighted by atomic mass is 79.9. The minimum atomic E-state index is -0.787. The van der Waals surface area contributed by atoms with E-state index in [9.17, 15) is 4.79 Å². The monoisotopic (exact) mass is 243 g/mol. The lowest BCUT2D eigenvalue weighted by atomic mass is 10.1. The molecule has 0 radical (unpaired) electrons. The number of hydrogen-bond donors (Lipinski definition) is 1. The number of amides is 1. The number of halogens is 1. The van der Waals surface area contributed by atoms with Crippen molar-refractivity contribution in [3.8, 4) is 5.75 Å². The zero-order chi connectivity index (χ0) is 10.0. The van der Waals surface area contributed by atoms with Gasteiger partial charge in [0.2, 0.25) is 0 Å². The molecule has 1 rings (SSSR count). The van der Waals surface area contributed by atoms with Crippen molar-refractivity contribution in [3.05, 3.63) is 27.7 Å². The Morgan fingerprint density at radius 3 is 2.54 bits per heavy atom. The van der Waals surface area contributed by atoms with Crippen LogP contribution in [0.3, 0.4) is 0 Å². The summed E-state index contributed by atoms with van der Waals surface area (Å²) >= 11 is 3.37. The standard InChI is InChI=1S/C9H10BrNO2/c1-5-6(2)8(13-9(11)12)4-3-7(5)10/h3-4H,1-2H3,(H2,11,12). The van der Waals surface area contributed by atoms with Gasteiger partial charge in [-0.05, 0) is 37.1 Å². The van der Waals surface area contributed by atoms with Gasteiger partial charge >= 0.3 is 6.09 Å². The van der Waals surface area contributed by atoms with Crippen LogP contribution in [0.1, 0.15) is 11.1 Å². The molecule has 70 valence electrons. The Bertz CT molecular complexity index is 350. The molecule has 2 N–H and O–H groups in total. The van der Waals surface area contributed by atoms with Crippen LogP contribution in [0, 0.1) is 13.8 Å². The Morgan fingerprint density at radius 1 is 1.38 bits per heavy atom. The average Bonchev–Trinajstić information content (AvgIpc) is 2.06. The fourth-order valence-corrected chi connectivity index (χ4v) is 1.41. The normalized spacial score (nSPS) is 9.77. The van der Waals surface area contributed by atoms with Crippen molar-refractivity contribution in [2.75, 3.05) is 0 Å². The molecular formula is C9H10BrNO2. The minimum absolute atomic E-state index is 0.508. The summed E-state index contributed by atoms with van der Waals surface area (Å²) in [6.07, 6.45) is -0.787. The maximum atomic E-state index is 10.5. The molecule has 0 heterocycles. The van der Waals surface area contributed by atoms with Crippen molar-refractivity contribution >= 4 is 22.0 Å². The summed E-state index contributed by atoms with van der Waals surface area (Å²) in [4.78, 5) is 10.5. The van der Waals surface area contributed by atoms with Crippen LogP contribution < -0.4 is 10.5 Å². The van der Waals surface area contributed by atoms with Crippen molar-refractivity contribution in [1.82, 2.24) is 0 Å². The molecule has 0 aliphatic carbocycles. The molecule has 0 unspecified atom stereocenters. The second kappa shape index (κ2) is 3.79. The first-order valence-corrected chi connectivity index (χ1v) is 4.54. The molecule has 1 amide bonds. The van der Waals surface area contributed by atoms with Gasteiger partial charge in [0.1, 0.15) is 5.75 Å². The SMILES string of the molecule is Cc1c(Br)ccc(OC(N)=O)c1C. The Morgan fingerprint density at radius 2 is 2.00 bits per heavy atom. The zero-order valence-corrected chi connectivity index (χ0v) is 9.01. The molecule has 0 spiro atoms. The third-order valence-corrected chi connectivity index (χ3v) is 2.74. The van der Waals surface area contributed by atoms with Crippen molar-refractivity contribution in [2.24, 2.45) is 5.73 Å². The van der Waals surface area contributed by atoms with E-state index < -0.39 is 6.09 Å². The molecular weight excluding hydrogens is 234 g/mol.